The first-order chi connectivity index (χ1) is 8.41. The minimum Gasteiger partial charge on any atom is -0.207 e. The molecule has 0 aromatic heterocycles. The van der Waals surface area contributed by atoms with Gasteiger partial charge in [0.1, 0.15) is 11.6 Å². The van der Waals surface area contributed by atoms with E-state index in [1.807, 2.05) is 12.1 Å². The van der Waals surface area contributed by atoms with Crippen molar-refractivity contribution in [2.75, 3.05) is 0 Å². The Morgan fingerprint density at radius 2 is 1.56 bits per heavy atom. The zero-order valence-corrected chi connectivity index (χ0v) is 11.2. The van der Waals surface area contributed by atoms with Crippen molar-refractivity contribution in [1.29, 1.82) is 0 Å². The van der Waals surface area contributed by atoms with Gasteiger partial charge in [-0.3, -0.25) is 0 Å². The molecule has 0 aliphatic rings. The molecule has 0 N–H and O–H groups in total. The first-order valence-corrected chi connectivity index (χ1v) is 6.33. The molecule has 0 heterocycles. The highest BCUT2D eigenvalue weighted by atomic mass is 19.1. The Kier molecular flexibility index (Phi) is 3.38. The van der Waals surface area contributed by atoms with E-state index in [4.69, 9.17) is 0 Å². The lowest BCUT2D eigenvalue weighted by Gasteiger charge is -2.13. The summed E-state index contributed by atoms with van der Waals surface area (Å²) < 4.78 is 28.2. The molecular weight excluding hydrogens is 230 g/mol. The van der Waals surface area contributed by atoms with Gasteiger partial charge in [-0.1, -0.05) is 45.9 Å². The standard InChI is InChI=1S/C16H18F2/c1-9(2)11-5-6-13-12(7-11)8-14(17)15(10(3)4)16(13)18/h5-10H,1-4H3. The average molecular weight is 248 g/mol. The van der Waals surface area contributed by atoms with Crippen LogP contribution < -0.4 is 0 Å². The number of fused-ring (bicyclic) bond motifs is 1. The summed E-state index contributed by atoms with van der Waals surface area (Å²) in [6, 6.07) is 6.99. The topological polar surface area (TPSA) is 0 Å². The Morgan fingerprint density at radius 1 is 0.889 bits per heavy atom. The first-order valence-electron chi connectivity index (χ1n) is 6.33. The van der Waals surface area contributed by atoms with Crippen LogP contribution in [0.2, 0.25) is 0 Å². The van der Waals surface area contributed by atoms with Gasteiger partial charge in [0.05, 0.1) is 0 Å². The molecule has 18 heavy (non-hydrogen) atoms. The Morgan fingerprint density at radius 3 is 2.11 bits per heavy atom. The van der Waals surface area contributed by atoms with Crippen LogP contribution in [0.1, 0.15) is 50.7 Å². The van der Waals surface area contributed by atoms with Gasteiger partial charge in [-0.15, -0.1) is 0 Å². The van der Waals surface area contributed by atoms with Gasteiger partial charge in [-0.05, 0) is 28.9 Å². The van der Waals surface area contributed by atoms with Crippen LogP contribution >= 0.6 is 0 Å². The molecule has 2 aromatic rings. The number of halogens is 2. The molecule has 2 aromatic carbocycles. The summed E-state index contributed by atoms with van der Waals surface area (Å²) in [6.07, 6.45) is 0. The Balaban J connectivity index is 2.74. The Labute approximate surface area is 107 Å². The second-order valence-electron chi connectivity index (χ2n) is 5.38. The molecule has 0 nitrogen and oxygen atoms in total. The van der Waals surface area contributed by atoms with Gasteiger partial charge in [0.25, 0.3) is 0 Å². The van der Waals surface area contributed by atoms with Gasteiger partial charge in [0.2, 0.25) is 0 Å². The average Bonchev–Trinajstić information content (AvgIpc) is 2.27. The third-order valence-electron chi connectivity index (χ3n) is 3.33. The first kappa shape index (κ1) is 13.0. The second kappa shape index (κ2) is 4.68. The fraction of sp³-hybridized carbons (Fsp3) is 0.375. The van der Waals surface area contributed by atoms with Gasteiger partial charge >= 0.3 is 0 Å². The molecule has 0 amide bonds. The molecule has 0 spiro atoms. The SMILES string of the molecule is CC(C)c1ccc2c(F)c(C(C)C)c(F)cc2c1. The van der Waals surface area contributed by atoms with Crippen LogP contribution in [0.3, 0.4) is 0 Å². The van der Waals surface area contributed by atoms with Gasteiger partial charge in [-0.2, -0.15) is 0 Å². The number of hydrogen-bond donors (Lipinski definition) is 0. The number of hydrogen-bond acceptors (Lipinski definition) is 0. The maximum absolute atomic E-state index is 14.3. The third kappa shape index (κ3) is 2.12. The van der Waals surface area contributed by atoms with Crippen molar-refractivity contribution < 1.29 is 8.78 Å². The lowest BCUT2D eigenvalue weighted by atomic mass is 9.94. The van der Waals surface area contributed by atoms with E-state index in [0.29, 0.717) is 16.7 Å². The quantitative estimate of drug-likeness (QED) is 0.670. The summed E-state index contributed by atoms with van der Waals surface area (Å²) in [5.74, 6) is -0.671. The highest BCUT2D eigenvalue weighted by molar-refractivity contribution is 5.85. The van der Waals surface area contributed by atoms with Gasteiger partial charge in [0.15, 0.2) is 0 Å². The molecule has 0 aliphatic carbocycles. The maximum Gasteiger partial charge on any atom is 0.137 e. The zero-order chi connectivity index (χ0) is 13.4. The summed E-state index contributed by atoms with van der Waals surface area (Å²) in [7, 11) is 0. The zero-order valence-electron chi connectivity index (χ0n) is 11.2. The minimum absolute atomic E-state index is 0.154. The molecule has 0 saturated heterocycles. The fourth-order valence-corrected chi connectivity index (χ4v) is 2.25. The lowest BCUT2D eigenvalue weighted by molar-refractivity contribution is 0.550. The Hall–Kier alpha value is -1.44. The van der Waals surface area contributed by atoms with E-state index < -0.39 is 11.6 Å². The molecule has 0 saturated carbocycles. The van der Waals surface area contributed by atoms with Crippen molar-refractivity contribution in [2.24, 2.45) is 0 Å². The molecule has 0 radical (unpaired) electrons. The maximum atomic E-state index is 14.3. The third-order valence-corrected chi connectivity index (χ3v) is 3.33. The number of benzene rings is 2. The van der Waals surface area contributed by atoms with Gasteiger partial charge in [0, 0.05) is 10.9 Å². The van der Waals surface area contributed by atoms with E-state index >= 15 is 0 Å². The van der Waals surface area contributed by atoms with Crippen LogP contribution in [0.4, 0.5) is 8.78 Å². The van der Waals surface area contributed by atoms with Crippen molar-refractivity contribution in [1.82, 2.24) is 0 Å². The van der Waals surface area contributed by atoms with Gasteiger partial charge < -0.3 is 0 Å². The molecule has 96 valence electrons. The summed E-state index contributed by atoms with van der Waals surface area (Å²) in [5, 5.41) is 1.14. The van der Waals surface area contributed by atoms with E-state index in [0.717, 1.165) is 5.56 Å². The summed E-state index contributed by atoms with van der Waals surface area (Å²) >= 11 is 0. The molecule has 2 heteroatoms. The smallest absolute Gasteiger partial charge is 0.137 e. The number of rotatable bonds is 2. The highest BCUT2D eigenvalue weighted by Crippen LogP contribution is 2.30. The van der Waals surface area contributed by atoms with Crippen LogP contribution in [-0.2, 0) is 0 Å². The van der Waals surface area contributed by atoms with Crippen LogP contribution in [0.5, 0.6) is 0 Å². The van der Waals surface area contributed by atoms with Crippen molar-refractivity contribution in [2.45, 2.75) is 39.5 Å². The van der Waals surface area contributed by atoms with E-state index in [9.17, 15) is 8.78 Å². The molecule has 0 fully saturated rings. The van der Waals surface area contributed by atoms with Crippen LogP contribution in [0.15, 0.2) is 24.3 Å². The van der Waals surface area contributed by atoms with Crippen molar-refractivity contribution in [3.05, 3.63) is 47.0 Å². The summed E-state index contributed by atoms with van der Waals surface area (Å²) in [5.41, 5.74) is 1.28. The Bertz CT molecular complexity index is 583. The highest BCUT2D eigenvalue weighted by Gasteiger charge is 2.16. The van der Waals surface area contributed by atoms with Crippen LogP contribution in [-0.4, -0.2) is 0 Å². The van der Waals surface area contributed by atoms with Crippen LogP contribution in [0, 0.1) is 11.6 Å². The van der Waals surface area contributed by atoms with E-state index in [-0.39, 0.29) is 11.5 Å². The summed E-state index contributed by atoms with van der Waals surface area (Å²) in [6.45, 7) is 7.73. The fourth-order valence-electron chi connectivity index (χ4n) is 2.25. The molecule has 0 unspecified atom stereocenters. The molecule has 2 rings (SSSR count). The monoisotopic (exact) mass is 248 g/mol. The molecule has 0 aliphatic heterocycles. The predicted octanol–water partition coefficient (Wildman–Crippen LogP) is 5.36. The van der Waals surface area contributed by atoms with Crippen LogP contribution in [0.25, 0.3) is 10.8 Å². The van der Waals surface area contributed by atoms with E-state index in [1.165, 1.54) is 6.07 Å². The molecule has 0 atom stereocenters. The second-order valence-corrected chi connectivity index (χ2v) is 5.38. The van der Waals surface area contributed by atoms with Gasteiger partial charge in [-0.25, -0.2) is 8.78 Å². The van der Waals surface area contributed by atoms with Crippen molar-refractivity contribution in [3.8, 4) is 0 Å². The van der Waals surface area contributed by atoms with Crippen molar-refractivity contribution >= 4 is 10.8 Å². The normalized spacial score (nSPS) is 11.8. The summed E-state index contributed by atoms with van der Waals surface area (Å²) in [4.78, 5) is 0. The lowest BCUT2D eigenvalue weighted by Crippen LogP contribution is -2.00. The van der Waals surface area contributed by atoms with Crippen molar-refractivity contribution in [3.63, 3.8) is 0 Å². The molecular formula is C16H18F2. The molecule has 0 bridgehead atoms. The van der Waals surface area contributed by atoms with E-state index in [2.05, 4.69) is 13.8 Å². The minimum atomic E-state index is -0.448. The predicted molar refractivity (Wildman–Crippen MR) is 72.0 cm³/mol. The van der Waals surface area contributed by atoms with E-state index in [1.54, 1.807) is 19.9 Å². The largest absolute Gasteiger partial charge is 0.207 e.